The summed E-state index contributed by atoms with van der Waals surface area (Å²) in [7, 11) is 7.09. The Bertz CT molecular complexity index is 4490. The number of hydrogen-bond acceptors (Lipinski definition) is 15. The number of rotatable bonds is 20. The van der Waals surface area contributed by atoms with Gasteiger partial charge >= 0.3 is 0 Å². The highest BCUT2D eigenvalue weighted by Gasteiger charge is 2.35. The van der Waals surface area contributed by atoms with Crippen molar-refractivity contribution in [3.05, 3.63) is 212 Å². The number of anilines is 3. The molecule has 0 spiro atoms. The van der Waals surface area contributed by atoms with Crippen molar-refractivity contribution < 1.29 is 43.1 Å². The molecular weight excluding hydrogens is 1340 g/mol. The van der Waals surface area contributed by atoms with Crippen LogP contribution in [0.5, 0.6) is 0 Å². The largest absolute Gasteiger partial charge is 0.383 e. The van der Waals surface area contributed by atoms with Crippen LogP contribution in [0.3, 0.4) is 0 Å². The summed E-state index contributed by atoms with van der Waals surface area (Å²) >= 11 is 0. The van der Waals surface area contributed by atoms with Gasteiger partial charge in [0.1, 0.15) is 51.2 Å². The molecule has 0 radical (unpaired) electrons. The highest BCUT2D eigenvalue weighted by molar-refractivity contribution is 6.05. The summed E-state index contributed by atoms with van der Waals surface area (Å²) in [5.41, 5.74) is 47.5. The van der Waals surface area contributed by atoms with E-state index in [4.69, 9.17) is 49.3 Å². The van der Waals surface area contributed by atoms with E-state index in [1.165, 1.54) is 0 Å². The third-order valence-electron chi connectivity index (χ3n) is 20.1. The topological polar surface area (TPSA) is 398 Å². The summed E-state index contributed by atoms with van der Waals surface area (Å²) in [5.74, 6) is -1.25. The number of hydrogen-bond donors (Lipinski definition) is 9. The Balaban J connectivity index is 0.000000171. The number of nitrogen functional groups attached to an aromatic ring is 3. The molecule has 1 saturated heterocycles. The summed E-state index contributed by atoms with van der Waals surface area (Å²) < 4.78 is 10.7. The van der Waals surface area contributed by atoms with E-state index in [1.54, 1.807) is 70.2 Å². The van der Waals surface area contributed by atoms with Crippen LogP contribution in [0.25, 0.3) is 33.8 Å². The van der Waals surface area contributed by atoms with E-state index in [9.17, 15) is 38.4 Å². The van der Waals surface area contributed by atoms with Gasteiger partial charge in [0.05, 0.1) is 24.2 Å². The van der Waals surface area contributed by atoms with E-state index in [-0.39, 0.29) is 99.7 Å². The van der Waals surface area contributed by atoms with Gasteiger partial charge in [-0.1, -0.05) is 127 Å². The highest BCUT2D eigenvalue weighted by Crippen LogP contribution is 2.40. The Morgan fingerprint density at radius 1 is 0.415 bits per heavy atom. The average molecular weight is 1440 g/mol. The van der Waals surface area contributed by atoms with Crippen LogP contribution in [0.1, 0.15) is 178 Å². The van der Waals surface area contributed by atoms with Crippen molar-refractivity contribution in [2.75, 3.05) is 52.0 Å². The van der Waals surface area contributed by atoms with Crippen LogP contribution in [0.15, 0.2) is 146 Å². The van der Waals surface area contributed by atoms with Crippen molar-refractivity contribution in [2.45, 2.75) is 129 Å². The molecular formula is C80H95N17O9. The molecule has 0 bridgehead atoms. The second kappa shape index (κ2) is 34.1. The standard InChI is InChI=1S/2C28H34N6O3.C24H27N5O3/c2*1-17-6-4-5-7-22(17)27(36)31-16-18-8-10-19(11-9-18)24-23(26(30)35)25(29)34(32-24)21-14-12-20(13-15-21)28(37)33(2)3;1-14-5-3-4-6-18(14)24(31)27-13-16-7-9-17(10-8-16)21-20(23(26)30)22(25)29(28-21)19-11-12-32-15(19)2/h2*4-11,20-21H,12-16,29H2,1-3H3,(H2,30,35)(H,31,36);3-10,15,19H,11-13,25H2,1-2H3,(H2,26,30)(H,27,31)/t;;15-,19-/m..0/s1. The number of nitrogens with zero attached hydrogens (tertiary/aromatic N) is 8. The van der Waals surface area contributed by atoms with E-state index < -0.39 is 17.7 Å². The molecule has 3 fully saturated rings. The van der Waals surface area contributed by atoms with Crippen LogP contribution in [0.4, 0.5) is 17.5 Å². The molecule has 9 aromatic rings. The number of primary amides is 3. The van der Waals surface area contributed by atoms with Crippen molar-refractivity contribution in [2.24, 2.45) is 29.0 Å². The van der Waals surface area contributed by atoms with E-state index >= 15 is 0 Å². The number of amides is 8. The second-order valence-corrected chi connectivity index (χ2v) is 27.7. The maximum Gasteiger partial charge on any atom is 0.254 e. The summed E-state index contributed by atoms with van der Waals surface area (Å²) in [4.78, 5) is 102. The van der Waals surface area contributed by atoms with Gasteiger partial charge in [-0.05, 0) is 137 Å². The van der Waals surface area contributed by atoms with Crippen molar-refractivity contribution >= 4 is 64.7 Å². The molecule has 4 heterocycles. The molecule has 12 rings (SSSR count). The average Bonchev–Trinajstić information content (AvgIpc) is 1.62. The quantitative estimate of drug-likeness (QED) is 0.0343. The summed E-state index contributed by atoms with van der Waals surface area (Å²) in [6.07, 6.45) is 6.66. The summed E-state index contributed by atoms with van der Waals surface area (Å²) in [6, 6.07) is 44.7. The van der Waals surface area contributed by atoms with Gasteiger partial charge in [0, 0.05) is 99.6 Å². The van der Waals surface area contributed by atoms with E-state index in [1.807, 2.05) is 155 Å². The molecule has 26 nitrogen and oxygen atoms in total. The highest BCUT2D eigenvalue weighted by atomic mass is 16.5. The molecule has 8 amide bonds. The van der Waals surface area contributed by atoms with Crippen LogP contribution in [-0.4, -0.2) is 127 Å². The molecule has 2 saturated carbocycles. The fraction of sp³-hybridized carbons (Fsp3) is 0.338. The van der Waals surface area contributed by atoms with Gasteiger partial charge in [-0.3, -0.25) is 38.4 Å². The SMILES string of the molecule is Cc1ccccc1C(=O)NCc1ccc(-c2nn(C3CCC(C(=O)N(C)C)CC3)c(N)c2C(N)=O)cc1.Cc1ccccc1C(=O)NCc1ccc(-c2nn(C3CCC(C(=O)N(C)C)CC3)c(N)c2C(N)=O)cc1.Cc1ccccc1C(=O)NCc1ccc(-c2nn([C@H]3CCO[C@H]3C)c(N)c2C(N)=O)cc1. The zero-order valence-corrected chi connectivity index (χ0v) is 61.2. The maximum atomic E-state index is 12.5. The number of aromatic nitrogens is 6. The second-order valence-electron chi connectivity index (χ2n) is 27.7. The van der Waals surface area contributed by atoms with Gasteiger partial charge in [-0.2, -0.15) is 15.3 Å². The third-order valence-corrected chi connectivity index (χ3v) is 20.1. The lowest BCUT2D eigenvalue weighted by atomic mass is 9.85. The minimum atomic E-state index is -0.634. The van der Waals surface area contributed by atoms with Crippen LogP contribution < -0.4 is 50.4 Å². The van der Waals surface area contributed by atoms with Crippen LogP contribution >= 0.6 is 0 Å². The van der Waals surface area contributed by atoms with Gasteiger partial charge < -0.3 is 64.9 Å². The Hall–Kier alpha value is -11.9. The van der Waals surface area contributed by atoms with Crippen molar-refractivity contribution in [1.29, 1.82) is 0 Å². The fourth-order valence-corrected chi connectivity index (χ4v) is 14.1. The van der Waals surface area contributed by atoms with Crippen molar-refractivity contribution in [3.8, 4) is 33.8 Å². The van der Waals surface area contributed by atoms with E-state index in [0.717, 1.165) is 96.7 Å². The van der Waals surface area contributed by atoms with Gasteiger partial charge in [-0.25, -0.2) is 14.0 Å². The number of nitrogens with one attached hydrogen (secondary N) is 3. The number of ether oxygens (including phenoxy) is 1. The number of carbonyl (C=O) groups excluding carboxylic acids is 8. The van der Waals surface area contributed by atoms with Crippen LogP contribution in [0.2, 0.25) is 0 Å². The van der Waals surface area contributed by atoms with Crippen LogP contribution in [0, 0.1) is 32.6 Å². The number of aryl methyl sites for hydroxylation is 3. The Morgan fingerprint density at radius 3 is 0.962 bits per heavy atom. The summed E-state index contributed by atoms with van der Waals surface area (Å²) in [5, 5.41) is 22.9. The third kappa shape index (κ3) is 17.6. The lowest BCUT2D eigenvalue weighted by molar-refractivity contribution is -0.134. The maximum absolute atomic E-state index is 12.5. The zero-order valence-electron chi connectivity index (χ0n) is 61.2. The Morgan fingerprint density at radius 2 is 0.698 bits per heavy atom. The molecule has 15 N–H and O–H groups in total. The Labute approximate surface area is 616 Å². The molecule has 2 aliphatic carbocycles. The van der Waals surface area contributed by atoms with Gasteiger partial charge in [0.15, 0.2) is 0 Å². The first-order chi connectivity index (χ1) is 50.7. The van der Waals surface area contributed by atoms with Gasteiger partial charge in [0.2, 0.25) is 11.8 Å². The van der Waals surface area contributed by atoms with Crippen molar-refractivity contribution in [1.82, 2.24) is 55.1 Å². The van der Waals surface area contributed by atoms with Gasteiger partial charge in [-0.15, -0.1) is 0 Å². The van der Waals surface area contributed by atoms with Crippen LogP contribution in [-0.2, 0) is 34.0 Å². The van der Waals surface area contributed by atoms with Crippen molar-refractivity contribution in [3.63, 3.8) is 0 Å². The smallest absolute Gasteiger partial charge is 0.254 e. The lowest BCUT2D eigenvalue weighted by Crippen LogP contribution is -2.33. The fourth-order valence-electron chi connectivity index (χ4n) is 14.1. The first-order valence-electron chi connectivity index (χ1n) is 35.6. The first kappa shape index (κ1) is 76.7. The number of carbonyl (C=O) groups is 8. The molecule has 1 aliphatic heterocycles. The minimum Gasteiger partial charge on any atom is -0.383 e. The molecule has 0 unspecified atom stereocenters. The number of nitrogens with two attached hydrogens (primary N) is 6. The predicted octanol–water partition coefficient (Wildman–Crippen LogP) is 9.40. The van der Waals surface area contributed by atoms with E-state index in [2.05, 4.69) is 21.0 Å². The molecule has 26 heteroatoms. The number of benzene rings is 6. The first-order valence-corrected chi connectivity index (χ1v) is 35.6. The molecule has 6 aromatic carbocycles. The molecule has 3 aromatic heterocycles. The van der Waals surface area contributed by atoms with Gasteiger partial charge in [0.25, 0.3) is 35.4 Å². The monoisotopic (exact) mass is 1440 g/mol. The zero-order chi connectivity index (χ0) is 76.2. The molecule has 3 aliphatic rings. The predicted molar refractivity (Wildman–Crippen MR) is 407 cm³/mol. The molecule has 554 valence electrons. The Kier molecular flexibility index (Phi) is 24.7. The normalized spacial score (nSPS) is 17.5. The summed E-state index contributed by atoms with van der Waals surface area (Å²) in [6.45, 7) is 9.40. The van der Waals surface area contributed by atoms with E-state index in [0.29, 0.717) is 71.1 Å². The minimum absolute atomic E-state index is 0.00282. The molecule has 2 atom stereocenters. The molecule has 106 heavy (non-hydrogen) atoms. The lowest BCUT2D eigenvalue weighted by Gasteiger charge is -2.30.